The Labute approximate surface area is 134 Å². The Morgan fingerprint density at radius 1 is 1.00 bits per heavy atom. The van der Waals surface area contributed by atoms with Gasteiger partial charge >= 0.3 is 0 Å². The molecule has 0 saturated heterocycles. The van der Waals surface area contributed by atoms with Gasteiger partial charge in [-0.1, -0.05) is 6.07 Å². The molecule has 5 heteroatoms. The fraction of sp³-hybridized carbons (Fsp3) is 0.222. The van der Waals surface area contributed by atoms with E-state index in [4.69, 9.17) is 4.74 Å². The summed E-state index contributed by atoms with van der Waals surface area (Å²) in [5, 5.41) is 5.73. The number of carbonyl (C=O) groups is 2. The monoisotopic (exact) mass is 310 g/mol. The first-order valence-corrected chi connectivity index (χ1v) is 7.52. The summed E-state index contributed by atoms with van der Waals surface area (Å²) in [6, 6.07) is 14.1. The molecule has 1 aliphatic rings. The molecule has 0 aromatic heterocycles. The molecule has 1 aliphatic carbocycles. The minimum Gasteiger partial charge on any atom is -0.497 e. The van der Waals surface area contributed by atoms with Gasteiger partial charge in [-0.05, 0) is 55.3 Å². The van der Waals surface area contributed by atoms with Crippen molar-refractivity contribution >= 4 is 17.5 Å². The van der Waals surface area contributed by atoms with Crippen molar-refractivity contribution in [1.29, 1.82) is 0 Å². The third-order valence-electron chi connectivity index (χ3n) is 3.65. The molecule has 0 radical (unpaired) electrons. The first kappa shape index (κ1) is 15.1. The van der Waals surface area contributed by atoms with E-state index in [-0.39, 0.29) is 11.8 Å². The maximum absolute atomic E-state index is 12.2. The molecule has 0 heterocycles. The molecule has 2 aromatic carbocycles. The average molecular weight is 310 g/mol. The van der Waals surface area contributed by atoms with Crippen LogP contribution in [0.15, 0.2) is 48.5 Å². The molecular formula is C18H18N2O3. The van der Waals surface area contributed by atoms with Crippen LogP contribution in [0.25, 0.3) is 0 Å². The van der Waals surface area contributed by atoms with Crippen molar-refractivity contribution in [2.75, 3.05) is 12.4 Å². The van der Waals surface area contributed by atoms with E-state index in [9.17, 15) is 9.59 Å². The van der Waals surface area contributed by atoms with Crippen LogP contribution in [0.5, 0.6) is 5.75 Å². The van der Waals surface area contributed by atoms with Crippen LogP contribution in [0.2, 0.25) is 0 Å². The zero-order valence-electron chi connectivity index (χ0n) is 12.8. The van der Waals surface area contributed by atoms with Gasteiger partial charge in [0.2, 0.25) is 0 Å². The Hall–Kier alpha value is -2.82. The van der Waals surface area contributed by atoms with E-state index in [1.54, 1.807) is 55.6 Å². The summed E-state index contributed by atoms with van der Waals surface area (Å²) in [5.41, 5.74) is 1.66. The normalized spacial score (nSPS) is 13.3. The van der Waals surface area contributed by atoms with Crippen LogP contribution in [-0.4, -0.2) is 25.0 Å². The van der Waals surface area contributed by atoms with E-state index >= 15 is 0 Å². The third kappa shape index (κ3) is 3.88. The Bertz CT molecular complexity index is 721. The van der Waals surface area contributed by atoms with Gasteiger partial charge < -0.3 is 15.4 Å². The lowest BCUT2D eigenvalue weighted by molar-refractivity contribution is 0.0949. The number of hydrogen-bond acceptors (Lipinski definition) is 3. The van der Waals surface area contributed by atoms with E-state index in [2.05, 4.69) is 10.6 Å². The predicted octanol–water partition coefficient (Wildman–Crippen LogP) is 2.84. The van der Waals surface area contributed by atoms with E-state index in [0.29, 0.717) is 28.6 Å². The third-order valence-corrected chi connectivity index (χ3v) is 3.65. The molecule has 2 aromatic rings. The molecule has 2 amide bonds. The molecule has 0 aliphatic heterocycles. The summed E-state index contributed by atoms with van der Waals surface area (Å²) >= 11 is 0. The second kappa shape index (κ2) is 6.52. The fourth-order valence-electron chi connectivity index (χ4n) is 2.18. The summed E-state index contributed by atoms with van der Waals surface area (Å²) in [6.07, 6.45) is 2.08. The Balaban J connectivity index is 1.68. The summed E-state index contributed by atoms with van der Waals surface area (Å²) in [6.45, 7) is 0. The molecule has 5 nitrogen and oxygen atoms in total. The van der Waals surface area contributed by atoms with Crippen LogP contribution >= 0.6 is 0 Å². The first-order chi connectivity index (χ1) is 11.2. The van der Waals surface area contributed by atoms with Crippen LogP contribution in [0.1, 0.15) is 33.6 Å². The Kier molecular flexibility index (Phi) is 4.28. The zero-order valence-corrected chi connectivity index (χ0v) is 12.8. The molecule has 2 N–H and O–H groups in total. The lowest BCUT2D eigenvalue weighted by Crippen LogP contribution is -2.25. The van der Waals surface area contributed by atoms with Crippen LogP contribution in [-0.2, 0) is 0 Å². The lowest BCUT2D eigenvalue weighted by atomic mass is 10.1. The maximum atomic E-state index is 12.2. The number of anilines is 1. The molecule has 3 rings (SSSR count). The molecule has 23 heavy (non-hydrogen) atoms. The topological polar surface area (TPSA) is 67.4 Å². The highest BCUT2D eigenvalue weighted by atomic mass is 16.5. The Morgan fingerprint density at radius 3 is 2.39 bits per heavy atom. The lowest BCUT2D eigenvalue weighted by Gasteiger charge is -2.08. The van der Waals surface area contributed by atoms with Crippen molar-refractivity contribution in [1.82, 2.24) is 5.32 Å². The van der Waals surface area contributed by atoms with Crippen LogP contribution in [0.4, 0.5) is 5.69 Å². The van der Waals surface area contributed by atoms with Gasteiger partial charge in [-0.2, -0.15) is 0 Å². The Morgan fingerprint density at radius 2 is 1.74 bits per heavy atom. The number of amides is 2. The molecule has 0 unspecified atom stereocenters. The van der Waals surface area contributed by atoms with Crippen LogP contribution in [0, 0.1) is 0 Å². The number of carbonyl (C=O) groups excluding carboxylic acids is 2. The van der Waals surface area contributed by atoms with Gasteiger partial charge in [0.25, 0.3) is 11.8 Å². The predicted molar refractivity (Wildman–Crippen MR) is 87.9 cm³/mol. The molecule has 0 spiro atoms. The van der Waals surface area contributed by atoms with Crippen molar-refractivity contribution in [2.45, 2.75) is 18.9 Å². The molecule has 118 valence electrons. The van der Waals surface area contributed by atoms with Crippen molar-refractivity contribution in [3.8, 4) is 5.75 Å². The molecule has 0 atom stereocenters. The number of nitrogens with one attached hydrogen (secondary N) is 2. The van der Waals surface area contributed by atoms with E-state index < -0.39 is 0 Å². The van der Waals surface area contributed by atoms with Gasteiger partial charge in [-0.3, -0.25) is 9.59 Å². The van der Waals surface area contributed by atoms with Gasteiger partial charge in [0.05, 0.1) is 7.11 Å². The maximum Gasteiger partial charge on any atom is 0.255 e. The summed E-state index contributed by atoms with van der Waals surface area (Å²) in [4.78, 5) is 24.3. The van der Waals surface area contributed by atoms with E-state index in [1.807, 2.05) is 0 Å². The van der Waals surface area contributed by atoms with Crippen molar-refractivity contribution in [3.63, 3.8) is 0 Å². The first-order valence-electron chi connectivity index (χ1n) is 7.52. The van der Waals surface area contributed by atoms with Crippen LogP contribution < -0.4 is 15.4 Å². The van der Waals surface area contributed by atoms with Gasteiger partial charge in [0, 0.05) is 22.9 Å². The standard InChI is InChI=1S/C18H18N2O3/c1-23-16-9-5-12(6-10-16)17(21)20-15-4-2-3-13(11-15)18(22)19-14-7-8-14/h2-6,9-11,14H,7-8H2,1H3,(H,19,22)(H,20,21). The second-order valence-electron chi connectivity index (χ2n) is 5.51. The van der Waals surface area contributed by atoms with Crippen molar-refractivity contribution in [3.05, 3.63) is 59.7 Å². The minimum absolute atomic E-state index is 0.104. The quantitative estimate of drug-likeness (QED) is 0.892. The number of hydrogen-bond donors (Lipinski definition) is 2. The minimum atomic E-state index is -0.229. The van der Waals surface area contributed by atoms with E-state index in [1.165, 1.54) is 0 Å². The summed E-state index contributed by atoms with van der Waals surface area (Å²) in [5.74, 6) is 0.362. The average Bonchev–Trinajstić information content (AvgIpc) is 3.39. The molecule has 0 bridgehead atoms. The number of benzene rings is 2. The van der Waals surface area contributed by atoms with Gasteiger partial charge in [0.15, 0.2) is 0 Å². The fourth-order valence-corrected chi connectivity index (χ4v) is 2.18. The van der Waals surface area contributed by atoms with Crippen molar-refractivity contribution in [2.24, 2.45) is 0 Å². The number of ether oxygens (including phenoxy) is 1. The smallest absolute Gasteiger partial charge is 0.255 e. The molecular weight excluding hydrogens is 292 g/mol. The summed E-state index contributed by atoms with van der Waals surface area (Å²) < 4.78 is 5.07. The van der Waals surface area contributed by atoms with E-state index in [0.717, 1.165) is 12.8 Å². The number of methoxy groups -OCH3 is 1. The largest absolute Gasteiger partial charge is 0.497 e. The highest BCUT2D eigenvalue weighted by Crippen LogP contribution is 2.20. The zero-order chi connectivity index (χ0) is 16.2. The second-order valence-corrected chi connectivity index (χ2v) is 5.51. The van der Waals surface area contributed by atoms with Gasteiger partial charge in [0.1, 0.15) is 5.75 Å². The van der Waals surface area contributed by atoms with Crippen LogP contribution in [0.3, 0.4) is 0 Å². The van der Waals surface area contributed by atoms with Gasteiger partial charge in [-0.15, -0.1) is 0 Å². The molecule has 1 fully saturated rings. The SMILES string of the molecule is COc1ccc(C(=O)Nc2cccc(C(=O)NC3CC3)c2)cc1. The highest BCUT2D eigenvalue weighted by Gasteiger charge is 2.23. The van der Waals surface area contributed by atoms with Gasteiger partial charge in [-0.25, -0.2) is 0 Å². The van der Waals surface area contributed by atoms with Crippen molar-refractivity contribution < 1.29 is 14.3 Å². The molecule has 1 saturated carbocycles. The summed E-state index contributed by atoms with van der Waals surface area (Å²) in [7, 11) is 1.58. The number of rotatable bonds is 5. The highest BCUT2D eigenvalue weighted by molar-refractivity contribution is 6.05.